The Balaban J connectivity index is 2.71. The molecule has 0 unspecified atom stereocenters. The van der Waals surface area contributed by atoms with Crippen molar-refractivity contribution in [1.82, 2.24) is 14.7 Å². The van der Waals surface area contributed by atoms with Crippen LogP contribution in [0.2, 0.25) is 0 Å². The van der Waals surface area contributed by atoms with E-state index in [-0.39, 0.29) is 5.41 Å². The van der Waals surface area contributed by atoms with Gasteiger partial charge in [-0.25, -0.2) is 0 Å². The van der Waals surface area contributed by atoms with Crippen LogP contribution in [0.1, 0.15) is 38.4 Å². The van der Waals surface area contributed by atoms with E-state index in [1.807, 2.05) is 17.9 Å². The molecule has 104 valence electrons. The van der Waals surface area contributed by atoms with Gasteiger partial charge in [0.1, 0.15) is 0 Å². The number of aromatic nitrogens is 2. The summed E-state index contributed by atoms with van der Waals surface area (Å²) in [4.78, 5) is 2.48. The summed E-state index contributed by atoms with van der Waals surface area (Å²) >= 11 is 0. The van der Waals surface area contributed by atoms with Crippen LogP contribution in [0, 0.1) is 12.3 Å². The van der Waals surface area contributed by atoms with Crippen LogP contribution in [0.4, 0.5) is 0 Å². The first kappa shape index (κ1) is 15.2. The fraction of sp³-hybridized carbons (Fsp3) is 0.786. The monoisotopic (exact) mass is 252 g/mol. The zero-order valence-corrected chi connectivity index (χ0v) is 12.5. The van der Waals surface area contributed by atoms with Crippen molar-refractivity contribution in [2.24, 2.45) is 18.2 Å². The van der Waals surface area contributed by atoms with E-state index in [9.17, 15) is 0 Å². The Morgan fingerprint density at radius 2 is 2.11 bits per heavy atom. The van der Waals surface area contributed by atoms with Crippen molar-refractivity contribution in [3.05, 3.63) is 17.5 Å². The van der Waals surface area contributed by atoms with Gasteiger partial charge in [-0.2, -0.15) is 5.10 Å². The molecule has 0 aromatic carbocycles. The number of aryl methyl sites for hydroxylation is 1. The van der Waals surface area contributed by atoms with Gasteiger partial charge in [0.05, 0.1) is 6.20 Å². The first-order chi connectivity index (χ1) is 8.39. The largest absolute Gasteiger partial charge is 0.330 e. The number of nitrogens with two attached hydrogens (primary N) is 1. The maximum atomic E-state index is 5.84. The minimum absolute atomic E-state index is 0.172. The highest BCUT2D eigenvalue weighted by atomic mass is 15.3. The van der Waals surface area contributed by atoms with Crippen LogP contribution >= 0.6 is 0 Å². The number of rotatable bonds is 7. The summed E-state index contributed by atoms with van der Waals surface area (Å²) in [6, 6.07) is 0. The first-order valence-electron chi connectivity index (χ1n) is 6.79. The van der Waals surface area contributed by atoms with Crippen molar-refractivity contribution in [2.75, 3.05) is 19.6 Å². The van der Waals surface area contributed by atoms with Crippen LogP contribution in [0.25, 0.3) is 0 Å². The normalized spacial score (nSPS) is 12.4. The molecule has 0 aliphatic rings. The molecule has 1 aromatic heterocycles. The minimum atomic E-state index is 0.172. The topological polar surface area (TPSA) is 47.1 Å². The molecule has 0 bridgehead atoms. The fourth-order valence-electron chi connectivity index (χ4n) is 2.14. The Hall–Kier alpha value is -0.870. The summed E-state index contributed by atoms with van der Waals surface area (Å²) in [6.07, 6.45) is 3.15. The van der Waals surface area contributed by atoms with Crippen LogP contribution in [0.15, 0.2) is 6.20 Å². The lowest BCUT2D eigenvalue weighted by Gasteiger charge is -2.31. The number of hydrogen-bond donors (Lipinski definition) is 1. The van der Waals surface area contributed by atoms with E-state index in [1.165, 1.54) is 17.7 Å². The van der Waals surface area contributed by atoms with Crippen molar-refractivity contribution < 1.29 is 0 Å². The van der Waals surface area contributed by atoms with Gasteiger partial charge in [0.2, 0.25) is 0 Å². The highest BCUT2D eigenvalue weighted by molar-refractivity contribution is 5.15. The summed E-state index contributed by atoms with van der Waals surface area (Å²) in [7, 11) is 1.99. The van der Waals surface area contributed by atoms with Gasteiger partial charge in [-0.3, -0.25) is 9.58 Å². The SMILES string of the molecule is CCCN(Cc1cnn(C)c1C)CC(C)(C)CN. The van der Waals surface area contributed by atoms with E-state index in [2.05, 4.69) is 37.7 Å². The lowest BCUT2D eigenvalue weighted by molar-refractivity contribution is 0.175. The molecule has 4 nitrogen and oxygen atoms in total. The molecule has 0 aliphatic heterocycles. The van der Waals surface area contributed by atoms with Crippen molar-refractivity contribution in [2.45, 2.75) is 40.7 Å². The quantitative estimate of drug-likeness (QED) is 0.806. The molecule has 0 radical (unpaired) electrons. The Bertz CT molecular complexity index is 368. The highest BCUT2D eigenvalue weighted by Crippen LogP contribution is 2.18. The van der Waals surface area contributed by atoms with Gasteiger partial charge in [0.15, 0.2) is 0 Å². The standard InChI is InChI=1S/C14H28N4/c1-6-7-18(11-14(3,4)10-15)9-13-8-16-17(5)12(13)2/h8H,6-7,9-11,15H2,1-5H3. The third-order valence-electron chi connectivity index (χ3n) is 3.47. The van der Waals surface area contributed by atoms with Crippen LogP contribution in [-0.2, 0) is 13.6 Å². The summed E-state index contributed by atoms with van der Waals surface area (Å²) in [5, 5.41) is 4.31. The lowest BCUT2D eigenvalue weighted by Crippen LogP contribution is -2.38. The van der Waals surface area contributed by atoms with Crippen molar-refractivity contribution in [3.63, 3.8) is 0 Å². The molecule has 1 heterocycles. The molecule has 0 atom stereocenters. The molecular weight excluding hydrogens is 224 g/mol. The second-order valence-corrected chi connectivity index (χ2v) is 5.96. The van der Waals surface area contributed by atoms with E-state index in [1.54, 1.807) is 0 Å². The van der Waals surface area contributed by atoms with Gasteiger partial charge in [-0.15, -0.1) is 0 Å². The highest BCUT2D eigenvalue weighted by Gasteiger charge is 2.20. The zero-order valence-electron chi connectivity index (χ0n) is 12.5. The van der Waals surface area contributed by atoms with Gasteiger partial charge in [0.25, 0.3) is 0 Å². The Morgan fingerprint density at radius 1 is 1.44 bits per heavy atom. The third kappa shape index (κ3) is 4.10. The molecular formula is C14H28N4. The molecule has 0 amide bonds. The maximum absolute atomic E-state index is 5.84. The summed E-state index contributed by atoms with van der Waals surface area (Å²) in [5.41, 5.74) is 8.58. The van der Waals surface area contributed by atoms with Crippen molar-refractivity contribution in [1.29, 1.82) is 0 Å². The zero-order chi connectivity index (χ0) is 13.8. The number of nitrogens with zero attached hydrogens (tertiary/aromatic N) is 3. The average molecular weight is 252 g/mol. The van der Waals surface area contributed by atoms with Gasteiger partial charge in [-0.05, 0) is 31.8 Å². The molecule has 0 saturated heterocycles. The molecule has 2 N–H and O–H groups in total. The second-order valence-electron chi connectivity index (χ2n) is 5.96. The lowest BCUT2D eigenvalue weighted by atomic mass is 9.93. The van der Waals surface area contributed by atoms with Gasteiger partial charge < -0.3 is 5.73 Å². The summed E-state index contributed by atoms with van der Waals surface area (Å²) < 4.78 is 1.94. The average Bonchev–Trinajstić information content (AvgIpc) is 2.61. The molecule has 0 fully saturated rings. The molecule has 4 heteroatoms. The third-order valence-corrected chi connectivity index (χ3v) is 3.47. The predicted octanol–water partition coefficient (Wildman–Crippen LogP) is 1.93. The van der Waals surface area contributed by atoms with E-state index in [4.69, 9.17) is 5.73 Å². The Labute approximate surface area is 111 Å². The predicted molar refractivity (Wildman–Crippen MR) is 76.3 cm³/mol. The molecule has 1 aromatic rings. The molecule has 0 aliphatic carbocycles. The molecule has 0 spiro atoms. The van der Waals surface area contributed by atoms with Crippen LogP contribution in [0.5, 0.6) is 0 Å². The molecule has 0 saturated carbocycles. The Morgan fingerprint density at radius 3 is 2.56 bits per heavy atom. The smallest absolute Gasteiger partial charge is 0.0537 e. The van der Waals surface area contributed by atoms with Crippen LogP contribution < -0.4 is 5.73 Å². The maximum Gasteiger partial charge on any atom is 0.0537 e. The minimum Gasteiger partial charge on any atom is -0.330 e. The summed E-state index contributed by atoms with van der Waals surface area (Å²) in [5.74, 6) is 0. The van der Waals surface area contributed by atoms with Gasteiger partial charge >= 0.3 is 0 Å². The van der Waals surface area contributed by atoms with Gasteiger partial charge in [-0.1, -0.05) is 20.8 Å². The summed E-state index contributed by atoms with van der Waals surface area (Å²) in [6.45, 7) is 12.6. The van der Waals surface area contributed by atoms with Crippen molar-refractivity contribution in [3.8, 4) is 0 Å². The van der Waals surface area contributed by atoms with E-state index in [0.717, 1.165) is 26.2 Å². The van der Waals surface area contributed by atoms with Crippen LogP contribution in [0.3, 0.4) is 0 Å². The van der Waals surface area contributed by atoms with E-state index >= 15 is 0 Å². The molecule has 18 heavy (non-hydrogen) atoms. The van der Waals surface area contributed by atoms with E-state index < -0.39 is 0 Å². The van der Waals surface area contributed by atoms with Crippen molar-refractivity contribution >= 4 is 0 Å². The first-order valence-corrected chi connectivity index (χ1v) is 6.79. The Kier molecular flexibility index (Phi) is 5.35. The number of hydrogen-bond acceptors (Lipinski definition) is 3. The van der Waals surface area contributed by atoms with E-state index in [0.29, 0.717) is 0 Å². The second kappa shape index (κ2) is 6.34. The van der Waals surface area contributed by atoms with Crippen LogP contribution in [-0.4, -0.2) is 34.3 Å². The fourth-order valence-corrected chi connectivity index (χ4v) is 2.14. The molecule has 1 rings (SSSR count). The van der Waals surface area contributed by atoms with Gasteiger partial charge in [0, 0.05) is 31.4 Å².